The number of rotatable bonds is 7. The third-order valence-corrected chi connectivity index (χ3v) is 2.64. The second kappa shape index (κ2) is 6.51. The van der Waals surface area contributed by atoms with Gasteiger partial charge in [0.15, 0.2) is 0 Å². The fourth-order valence-electron chi connectivity index (χ4n) is 1.67. The zero-order valence-electron chi connectivity index (χ0n) is 10.5. The first-order chi connectivity index (χ1) is 7.69. The highest BCUT2D eigenvalue weighted by atomic mass is 16.3. The van der Waals surface area contributed by atoms with E-state index in [1.807, 2.05) is 19.2 Å². The molecule has 1 aromatic heterocycles. The minimum Gasteiger partial charge on any atom is -0.468 e. The van der Waals surface area contributed by atoms with Crippen LogP contribution in [0.15, 0.2) is 29.4 Å². The summed E-state index contributed by atoms with van der Waals surface area (Å²) in [4.78, 5) is 2.36. The number of nitrogens with zero attached hydrogens (tertiary/aromatic N) is 1. The van der Waals surface area contributed by atoms with Crippen LogP contribution in [0.2, 0.25) is 0 Å². The number of hydrogen-bond acceptors (Lipinski definition) is 3. The van der Waals surface area contributed by atoms with Gasteiger partial charge in [0.25, 0.3) is 0 Å². The Morgan fingerprint density at radius 2 is 2.31 bits per heavy atom. The van der Waals surface area contributed by atoms with Crippen LogP contribution in [0.5, 0.6) is 0 Å². The smallest absolute Gasteiger partial charge is 0.122 e. The highest BCUT2D eigenvalue weighted by Gasteiger charge is 2.12. The molecule has 0 saturated heterocycles. The van der Waals surface area contributed by atoms with E-state index in [1.165, 1.54) is 5.56 Å². The van der Waals surface area contributed by atoms with E-state index < -0.39 is 0 Å². The third-order valence-electron chi connectivity index (χ3n) is 2.64. The van der Waals surface area contributed by atoms with Gasteiger partial charge in [-0.25, -0.2) is 0 Å². The Bertz CT molecular complexity index is 317. The predicted molar refractivity (Wildman–Crippen MR) is 67.2 cm³/mol. The Labute approximate surface area is 98.1 Å². The van der Waals surface area contributed by atoms with Crippen LogP contribution in [0.1, 0.15) is 25.2 Å². The average molecular weight is 222 g/mol. The maximum absolute atomic E-state index is 5.45. The Hall–Kier alpha value is -1.06. The fraction of sp³-hybridized carbons (Fsp3) is 0.538. The topological polar surface area (TPSA) is 28.4 Å². The Kier molecular flexibility index (Phi) is 5.29. The Balaban J connectivity index is 2.68. The van der Waals surface area contributed by atoms with Gasteiger partial charge in [-0.15, -0.1) is 6.58 Å². The van der Waals surface area contributed by atoms with Crippen molar-refractivity contribution < 1.29 is 4.42 Å². The van der Waals surface area contributed by atoms with Gasteiger partial charge in [-0.3, -0.25) is 4.90 Å². The molecule has 0 aliphatic rings. The van der Waals surface area contributed by atoms with Crippen LogP contribution in [-0.2, 0) is 13.1 Å². The highest BCUT2D eigenvalue weighted by molar-refractivity contribution is 5.17. The summed E-state index contributed by atoms with van der Waals surface area (Å²) in [5.74, 6) is 1.03. The van der Waals surface area contributed by atoms with E-state index in [2.05, 4.69) is 30.6 Å². The van der Waals surface area contributed by atoms with Crippen molar-refractivity contribution in [1.29, 1.82) is 0 Å². The van der Waals surface area contributed by atoms with Gasteiger partial charge < -0.3 is 9.73 Å². The van der Waals surface area contributed by atoms with Crippen LogP contribution in [0.4, 0.5) is 0 Å². The van der Waals surface area contributed by atoms with E-state index in [-0.39, 0.29) is 0 Å². The van der Waals surface area contributed by atoms with Gasteiger partial charge >= 0.3 is 0 Å². The van der Waals surface area contributed by atoms with Gasteiger partial charge in [0.1, 0.15) is 5.76 Å². The van der Waals surface area contributed by atoms with Crippen molar-refractivity contribution in [1.82, 2.24) is 10.2 Å². The molecule has 16 heavy (non-hydrogen) atoms. The van der Waals surface area contributed by atoms with Gasteiger partial charge in [-0.2, -0.15) is 0 Å². The molecule has 3 nitrogen and oxygen atoms in total. The van der Waals surface area contributed by atoms with Crippen LogP contribution >= 0.6 is 0 Å². The summed E-state index contributed by atoms with van der Waals surface area (Å²) in [6, 6.07) is 2.56. The third kappa shape index (κ3) is 3.51. The largest absolute Gasteiger partial charge is 0.468 e. The summed E-state index contributed by atoms with van der Waals surface area (Å²) < 4.78 is 5.45. The van der Waals surface area contributed by atoms with Gasteiger partial charge in [0, 0.05) is 24.7 Å². The van der Waals surface area contributed by atoms with E-state index in [4.69, 9.17) is 4.42 Å². The first-order valence-corrected chi connectivity index (χ1v) is 5.73. The molecule has 0 aromatic carbocycles. The van der Waals surface area contributed by atoms with Crippen molar-refractivity contribution in [3.05, 3.63) is 36.3 Å². The minimum absolute atomic E-state index is 0.510. The average Bonchev–Trinajstić information content (AvgIpc) is 2.65. The molecule has 0 bridgehead atoms. The first kappa shape index (κ1) is 13.0. The van der Waals surface area contributed by atoms with Gasteiger partial charge in [-0.1, -0.05) is 6.08 Å². The fourth-order valence-corrected chi connectivity index (χ4v) is 1.67. The molecule has 1 aromatic rings. The summed E-state index contributed by atoms with van der Waals surface area (Å²) >= 11 is 0. The van der Waals surface area contributed by atoms with Crippen LogP contribution < -0.4 is 5.32 Å². The van der Waals surface area contributed by atoms with E-state index in [0.29, 0.717) is 6.04 Å². The monoisotopic (exact) mass is 222 g/mol. The summed E-state index contributed by atoms with van der Waals surface area (Å²) in [5.41, 5.74) is 1.25. The summed E-state index contributed by atoms with van der Waals surface area (Å²) in [6.45, 7) is 10.8. The van der Waals surface area contributed by atoms with Crippen molar-refractivity contribution >= 4 is 0 Å². The SMILES string of the molecule is C=CCN(Cc1ccoc1CNC)C(C)C. The van der Waals surface area contributed by atoms with Gasteiger partial charge in [0.2, 0.25) is 0 Å². The molecule has 0 aliphatic heterocycles. The lowest BCUT2D eigenvalue weighted by Crippen LogP contribution is -2.30. The minimum atomic E-state index is 0.510. The van der Waals surface area contributed by atoms with Gasteiger partial charge in [0.05, 0.1) is 12.8 Å². The van der Waals surface area contributed by atoms with Crippen LogP contribution in [0.3, 0.4) is 0 Å². The lowest BCUT2D eigenvalue weighted by atomic mass is 10.2. The summed E-state index contributed by atoms with van der Waals surface area (Å²) in [7, 11) is 1.93. The molecular formula is C13H22N2O. The molecule has 1 heterocycles. The van der Waals surface area contributed by atoms with Crippen molar-refractivity contribution in [3.63, 3.8) is 0 Å². The first-order valence-electron chi connectivity index (χ1n) is 5.73. The van der Waals surface area contributed by atoms with Gasteiger partial charge in [-0.05, 0) is 27.0 Å². The second-order valence-electron chi connectivity index (χ2n) is 4.21. The molecule has 0 radical (unpaired) electrons. The molecule has 0 atom stereocenters. The maximum Gasteiger partial charge on any atom is 0.122 e. The van der Waals surface area contributed by atoms with E-state index >= 15 is 0 Å². The van der Waals surface area contributed by atoms with Crippen molar-refractivity contribution in [2.75, 3.05) is 13.6 Å². The van der Waals surface area contributed by atoms with Crippen molar-refractivity contribution in [2.24, 2.45) is 0 Å². The molecule has 0 spiro atoms. The van der Waals surface area contributed by atoms with Crippen LogP contribution in [0, 0.1) is 0 Å². The lowest BCUT2D eigenvalue weighted by molar-refractivity contribution is 0.235. The molecule has 0 unspecified atom stereocenters. The van der Waals surface area contributed by atoms with E-state index in [1.54, 1.807) is 6.26 Å². The number of nitrogens with one attached hydrogen (secondary N) is 1. The molecule has 0 amide bonds. The molecule has 1 N–H and O–H groups in total. The van der Waals surface area contributed by atoms with E-state index in [9.17, 15) is 0 Å². The van der Waals surface area contributed by atoms with E-state index in [0.717, 1.165) is 25.4 Å². The molecule has 1 rings (SSSR count). The highest BCUT2D eigenvalue weighted by Crippen LogP contribution is 2.14. The Morgan fingerprint density at radius 3 is 2.88 bits per heavy atom. The second-order valence-corrected chi connectivity index (χ2v) is 4.21. The van der Waals surface area contributed by atoms with Crippen LogP contribution in [-0.4, -0.2) is 24.5 Å². The molecule has 3 heteroatoms. The summed E-state index contributed by atoms with van der Waals surface area (Å²) in [5, 5.41) is 3.11. The van der Waals surface area contributed by atoms with Crippen LogP contribution in [0.25, 0.3) is 0 Å². The van der Waals surface area contributed by atoms with Crippen molar-refractivity contribution in [2.45, 2.75) is 33.0 Å². The standard InChI is InChI=1S/C13H22N2O/c1-5-7-15(11(2)3)10-12-6-8-16-13(12)9-14-4/h5-6,8,11,14H,1,7,9-10H2,2-4H3. The molecular weight excluding hydrogens is 200 g/mol. The maximum atomic E-state index is 5.45. The predicted octanol–water partition coefficient (Wildman–Crippen LogP) is 2.40. The molecule has 0 aliphatic carbocycles. The zero-order chi connectivity index (χ0) is 12.0. The number of hydrogen-bond donors (Lipinski definition) is 1. The molecule has 0 fully saturated rings. The zero-order valence-corrected chi connectivity index (χ0v) is 10.5. The quantitative estimate of drug-likeness (QED) is 0.718. The lowest BCUT2D eigenvalue weighted by Gasteiger charge is -2.24. The number of furan rings is 1. The van der Waals surface area contributed by atoms with Crippen molar-refractivity contribution in [3.8, 4) is 0 Å². The molecule has 0 saturated carbocycles. The Morgan fingerprint density at radius 1 is 1.56 bits per heavy atom. The summed E-state index contributed by atoms with van der Waals surface area (Å²) in [6.07, 6.45) is 3.70. The molecule has 90 valence electrons. The normalized spacial score (nSPS) is 11.3.